The van der Waals surface area contributed by atoms with E-state index in [1.165, 1.54) is 25.0 Å². The fourth-order valence-electron chi connectivity index (χ4n) is 3.91. The van der Waals surface area contributed by atoms with Crippen LogP contribution in [0.2, 0.25) is 0 Å². The Kier molecular flexibility index (Phi) is 5.39. The summed E-state index contributed by atoms with van der Waals surface area (Å²) in [5, 5.41) is 6.36. The lowest BCUT2D eigenvalue weighted by molar-refractivity contribution is 0.118. The van der Waals surface area contributed by atoms with Crippen molar-refractivity contribution in [2.24, 2.45) is 5.41 Å². The molecule has 1 aliphatic carbocycles. The number of hydrogen-bond acceptors (Lipinski definition) is 2. The Hall–Kier alpha value is -1.62. The molecular weight excluding hydrogens is 305 g/mol. The number of anilines is 1. The van der Waals surface area contributed by atoms with Crippen LogP contribution in [0.15, 0.2) is 24.3 Å². The molecule has 2 amide bonds. The van der Waals surface area contributed by atoms with E-state index in [2.05, 4.69) is 17.6 Å². The molecule has 1 aromatic carbocycles. The molecule has 0 radical (unpaired) electrons. The van der Waals surface area contributed by atoms with Crippen molar-refractivity contribution in [3.05, 3.63) is 30.1 Å². The van der Waals surface area contributed by atoms with E-state index in [1.807, 2.05) is 4.90 Å². The number of carbonyl (C=O) groups excluding carboxylic acids is 1. The van der Waals surface area contributed by atoms with Crippen molar-refractivity contribution in [1.29, 1.82) is 0 Å². The molecule has 0 bridgehead atoms. The van der Waals surface area contributed by atoms with Gasteiger partial charge in [-0.15, -0.1) is 0 Å². The zero-order chi connectivity index (χ0) is 17.0. The Morgan fingerprint density at radius 1 is 1.25 bits per heavy atom. The van der Waals surface area contributed by atoms with Gasteiger partial charge in [0.1, 0.15) is 5.82 Å². The van der Waals surface area contributed by atoms with Crippen LogP contribution in [0.25, 0.3) is 0 Å². The van der Waals surface area contributed by atoms with Crippen LogP contribution in [0.5, 0.6) is 0 Å². The summed E-state index contributed by atoms with van der Waals surface area (Å²) in [6.45, 7) is 5.14. The number of benzene rings is 1. The van der Waals surface area contributed by atoms with Crippen molar-refractivity contribution in [1.82, 2.24) is 10.2 Å². The van der Waals surface area contributed by atoms with Crippen LogP contribution in [0.4, 0.5) is 14.9 Å². The van der Waals surface area contributed by atoms with Crippen LogP contribution < -0.4 is 10.6 Å². The van der Waals surface area contributed by atoms with E-state index in [9.17, 15) is 9.18 Å². The third kappa shape index (κ3) is 4.26. The molecule has 0 aromatic heterocycles. The highest BCUT2D eigenvalue weighted by Gasteiger charge is 2.35. The van der Waals surface area contributed by atoms with Crippen LogP contribution >= 0.6 is 0 Å². The van der Waals surface area contributed by atoms with E-state index < -0.39 is 0 Å². The predicted octanol–water partition coefficient (Wildman–Crippen LogP) is 3.99. The largest absolute Gasteiger partial charge is 0.322 e. The molecule has 2 aliphatic rings. The lowest BCUT2D eigenvalue weighted by Gasteiger charge is -2.41. The number of nitrogens with one attached hydrogen (secondary N) is 2. The summed E-state index contributed by atoms with van der Waals surface area (Å²) in [6.07, 6.45) is 6.77. The summed E-state index contributed by atoms with van der Waals surface area (Å²) in [5.41, 5.74) is 0.827. The number of piperidine rings is 1. The Morgan fingerprint density at radius 2 is 1.88 bits per heavy atom. The van der Waals surface area contributed by atoms with Crippen molar-refractivity contribution >= 4 is 11.7 Å². The molecule has 2 fully saturated rings. The zero-order valence-corrected chi connectivity index (χ0v) is 14.5. The number of urea groups is 1. The molecule has 5 heteroatoms. The van der Waals surface area contributed by atoms with Gasteiger partial charge >= 0.3 is 6.03 Å². The average molecular weight is 333 g/mol. The molecule has 4 nitrogen and oxygen atoms in total. The van der Waals surface area contributed by atoms with Crippen LogP contribution in [0.1, 0.15) is 45.4 Å². The minimum absolute atomic E-state index is 0.0479. The Morgan fingerprint density at radius 3 is 2.50 bits per heavy atom. The summed E-state index contributed by atoms with van der Waals surface area (Å²) < 4.78 is 13.1. The molecule has 0 unspecified atom stereocenters. The van der Waals surface area contributed by atoms with E-state index in [0.29, 0.717) is 11.7 Å². The van der Waals surface area contributed by atoms with Crippen molar-refractivity contribution in [2.75, 3.05) is 25.0 Å². The third-order valence-corrected chi connectivity index (χ3v) is 5.48. The summed E-state index contributed by atoms with van der Waals surface area (Å²) in [5.74, 6) is -0.289. The van der Waals surface area contributed by atoms with Crippen LogP contribution in [-0.4, -0.2) is 36.6 Å². The summed E-state index contributed by atoms with van der Waals surface area (Å²) >= 11 is 0. The monoisotopic (exact) mass is 333 g/mol. The van der Waals surface area contributed by atoms with E-state index in [0.717, 1.165) is 45.3 Å². The fourth-order valence-corrected chi connectivity index (χ4v) is 3.91. The molecule has 1 aromatic rings. The first-order valence-corrected chi connectivity index (χ1v) is 9.10. The Bertz CT molecular complexity index is 548. The number of rotatable bonds is 4. The van der Waals surface area contributed by atoms with Crippen molar-refractivity contribution in [3.8, 4) is 0 Å². The minimum atomic E-state index is -0.289. The van der Waals surface area contributed by atoms with Crippen molar-refractivity contribution < 1.29 is 9.18 Å². The van der Waals surface area contributed by atoms with Gasteiger partial charge < -0.3 is 15.5 Å². The molecule has 0 atom stereocenters. The average Bonchev–Trinajstić information content (AvgIpc) is 3.10. The molecule has 1 saturated carbocycles. The Labute approximate surface area is 143 Å². The first-order chi connectivity index (χ1) is 11.6. The maximum atomic E-state index is 13.1. The van der Waals surface area contributed by atoms with Crippen molar-refractivity contribution in [2.45, 2.75) is 51.5 Å². The number of carbonyl (C=O) groups is 1. The van der Waals surface area contributed by atoms with Gasteiger partial charge in [0.2, 0.25) is 0 Å². The van der Waals surface area contributed by atoms with Gasteiger partial charge in [-0.2, -0.15) is 0 Å². The van der Waals surface area contributed by atoms with Gasteiger partial charge in [-0.25, -0.2) is 9.18 Å². The van der Waals surface area contributed by atoms with E-state index in [4.69, 9.17) is 0 Å². The fraction of sp³-hybridized carbons (Fsp3) is 0.632. The first kappa shape index (κ1) is 17.2. The molecule has 24 heavy (non-hydrogen) atoms. The van der Waals surface area contributed by atoms with Gasteiger partial charge in [0.25, 0.3) is 0 Å². The molecule has 1 heterocycles. The van der Waals surface area contributed by atoms with E-state index in [-0.39, 0.29) is 17.3 Å². The van der Waals surface area contributed by atoms with Gasteiger partial charge in [-0.05, 0) is 68.5 Å². The van der Waals surface area contributed by atoms with Gasteiger partial charge in [-0.1, -0.05) is 19.8 Å². The lowest BCUT2D eigenvalue weighted by Crippen LogP contribution is -2.49. The predicted molar refractivity (Wildman–Crippen MR) is 94.6 cm³/mol. The van der Waals surface area contributed by atoms with Crippen LogP contribution in [0, 0.1) is 11.2 Å². The van der Waals surface area contributed by atoms with Crippen molar-refractivity contribution in [3.63, 3.8) is 0 Å². The topological polar surface area (TPSA) is 44.4 Å². The standard InChI is InChI=1S/C19H28FN3O/c1-19(10-12-21-13-11-19)14-23(17-4-2-3-5-17)18(24)22-16-8-6-15(20)7-9-16/h6-9,17,21H,2-5,10-14H2,1H3,(H,22,24). The number of amides is 2. The second-order valence-corrected chi connectivity index (χ2v) is 7.56. The number of nitrogens with zero attached hydrogens (tertiary/aromatic N) is 1. The quantitative estimate of drug-likeness (QED) is 0.875. The van der Waals surface area contributed by atoms with Gasteiger partial charge in [0.15, 0.2) is 0 Å². The van der Waals surface area contributed by atoms with Gasteiger partial charge in [0, 0.05) is 18.3 Å². The second-order valence-electron chi connectivity index (χ2n) is 7.56. The SMILES string of the molecule is CC1(CN(C(=O)Nc2ccc(F)cc2)C2CCCC2)CCNCC1. The first-order valence-electron chi connectivity index (χ1n) is 9.10. The zero-order valence-electron chi connectivity index (χ0n) is 14.5. The molecule has 0 spiro atoms. The lowest BCUT2D eigenvalue weighted by atomic mass is 9.80. The maximum absolute atomic E-state index is 13.1. The molecular formula is C19H28FN3O. The van der Waals surface area contributed by atoms with E-state index >= 15 is 0 Å². The number of hydrogen-bond donors (Lipinski definition) is 2. The normalized spacial score (nSPS) is 20.8. The highest BCUT2D eigenvalue weighted by atomic mass is 19.1. The van der Waals surface area contributed by atoms with Gasteiger partial charge in [-0.3, -0.25) is 0 Å². The highest BCUT2D eigenvalue weighted by molar-refractivity contribution is 5.89. The molecule has 3 rings (SSSR count). The smallest absolute Gasteiger partial charge is 0.321 e. The molecule has 1 saturated heterocycles. The molecule has 1 aliphatic heterocycles. The minimum Gasteiger partial charge on any atom is -0.321 e. The summed E-state index contributed by atoms with van der Waals surface area (Å²) in [6, 6.07) is 6.27. The third-order valence-electron chi connectivity index (χ3n) is 5.48. The Balaban J connectivity index is 1.71. The molecule has 132 valence electrons. The summed E-state index contributed by atoms with van der Waals surface area (Å²) in [7, 11) is 0. The van der Waals surface area contributed by atoms with E-state index in [1.54, 1.807) is 12.1 Å². The van der Waals surface area contributed by atoms with Gasteiger partial charge in [0.05, 0.1) is 0 Å². The number of halogens is 1. The molecule has 2 N–H and O–H groups in total. The summed E-state index contributed by atoms with van der Waals surface area (Å²) in [4.78, 5) is 14.9. The highest BCUT2D eigenvalue weighted by Crippen LogP contribution is 2.33. The maximum Gasteiger partial charge on any atom is 0.322 e. The van der Waals surface area contributed by atoms with Crippen LogP contribution in [0.3, 0.4) is 0 Å². The second kappa shape index (κ2) is 7.51. The van der Waals surface area contributed by atoms with Crippen LogP contribution in [-0.2, 0) is 0 Å².